The summed E-state index contributed by atoms with van der Waals surface area (Å²) in [5.74, 6) is -1.69. The third-order valence-corrected chi connectivity index (χ3v) is 5.74. The van der Waals surface area contributed by atoms with Gasteiger partial charge < -0.3 is 30.9 Å². The molecule has 0 saturated carbocycles. The van der Waals surface area contributed by atoms with Crippen LogP contribution in [0.5, 0.6) is 0 Å². The number of aromatic amines is 1. The van der Waals surface area contributed by atoms with Crippen LogP contribution in [0, 0.1) is 12.7 Å². The minimum atomic E-state index is -1.11. The second-order valence-electron chi connectivity index (χ2n) is 8.87. The number of hydrogen-bond donors (Lipinski definition) is 6. The van der Waals surface area contributed by atoms with Gasteiger partial charge in [0.2, 0.25) is 0 Å². The number of anilines is 1. The molecular weight excluding hydrogens is 493 g/mol. The van der Waals surface area contributed by atoms with Gasteiger partial charge in [-0.2, -0.15) is 0 Å². The number of carboxylic acid groups (broad SMARTS) is 1. The molecule has 3 rings (SSSR count). The highest BCUT2D eigenvalue weighted by Crippen LogP contribution is 2.25. The van der Waals surface area contributed by atoms with Crippen LogP contribution >= 0.6 is 0 Å². The molecule has 0 saturated heterocycles. The summed E-state index contributed by atoms with van der Waals surface area (Å²) in [7, 11) is 1.73. The molecule has 0 aliphatic rings. The quantitative estimate of drug-likeness (QED) is 0.164. The van der Waals surface area contributed by atoms with Crippen molar-refractivity contribution in [3.63, 3.8) is 0 Å². The Hall–Kier alpha value is -4.02. The van der Waals surface area contributed by atoms with Crippen molar-refractivity contribution in [2.24, 2.45) is 0 Å². The van der Waals surface area contributed by atoms with Gasteiger partial charge in [-0.1, -0.05) is 12.1 Å². The highest BCUT2D eigenvalue weighted by atomic mass is 19.1. The van der Waals surface area contributed by atoms with E-state index in [1.165, 1.54) is 6.07 Å². The highest BCUT2D eigenvalue weighted by Gasteiger charge is 2.15. The number of rotatable bonds is 11. The fraction of sp³-hybridized carbons (Fsp3) is 0.321. The number of allylic oxidation sites excluding steroid dienone is 1. The lowest BCUT2D eigenvalue weighted by atomic mass is 10.1. The van der Waals surface area contributed by atoms with Crippen LogP contribution in [0.1, 0.15) is 47.7 Å². The molecule has 0 radical (unpaired) electrons. The van der Waals surface area contributed by atoms with Crippen LogP contribution in [0.25, 0.3) is 17.0 Å². The van der Waals surface area contributed by atoms with Crippen LogP contribution < -0.4 is 10.6 Å². The summed E-state index contributed by atoms with van der Waals surface area (Å²) in [6.07, 6.45) is 1.90. The predicted octanol–water partition coefficient (Wildman–Crippen LogP) is 3.65. The first-order valence-corrected chi connectivity index (χ1v) is 12.1. The molecule has 0 aliphatic carbocycles. The molecule has 0 fully saturated rings. The molecule has 6 N–H and O–H groups in total. The molecule has 0 bridgehead atoms. The van der Waals surface area contributed by atoms with Crippen molar-refractivity contribution in [1.29, 1.82) is 0 Å². The number of carbonyl (C=O) groups excluding carboxylic acids is 2. The summed E-state index contributed by atoms with van der Waals surface area (Å²) in [4.78, 5) is 36.0. The molecule has 0 spiro atoms. The fourth-order valence-electron chi connectivity index (χ4n) is 3.80. The number of aliphatic hydroxyl groups excluding tert-OH is 2. The number of aromatic nitrogens is 1. The molecule has 0 aliphatic heterocycles. The van der Waals surface area contributed by atoms with Gasteiger partial charge in [-0.05, 0) is 73.6 Å². The molecule has 1 heterocycles. The maximum absolute atomic E-state index is 13.5. The van der Waals surface area contributed by atoms with Gasteiger partial charge in [0.15, 0.2) is 0 Å². The number of hydrogen-bond acceptors (Lipinski definition) is 6. The minimum absolute atomic E-state index is 0.0311. The zero-order valence-corrected chi connectivity index (χ0v) is 21.6. The van der Waals surface area contributed by atoms with Gasteiger partial charge in [-0.3, -0.25) is 14.4 Å². The second-order valence-corrected chi connectivity index (χ2v) is 8.87. The van der Waals surface area contributed by atoms with E-state index in [9.17, 15) is 29.0 Å². The molecule has 2 unspecified atom stereocenters. The van der Waals surface area contributed by atoms with Gasteiger partial charge >= 0.3 is 5.97 Å². The van der Waals surface area contributed by atoms with Gasteiger partial charge in [-0.15, -0.1) is 0 Å². The van der Waals surface area contributed by atoms with E-state index in [4.69, 9.17) is 5.11 Å². The molecule has 9 nitrogen and oxygen atoms in total. The van der Waals surface area contributed by atoms with Crippen molar-refractivity contribution in [2.75, 3.05) is 18.9 Å². The summed E-state index contributed by atoms with van der Waals surface area (Å²) in [5.41, 5.74) is 3.98. The summed E-state index contributed by atoms with van der Waals surface area (Å²) in [6.45, 7) is 3.77. The molecule has 1 amide bonds. The largest absolute Gasteiger partial charge is 0.481 e. The summed E-state index contributed by atoms with van der Waals surface area (Å²) < 4.78 is 13.5. The number of nitrogens with one attached hydrogen (secondary N) is 3. The lowest BCUT2D eigenvalue weighted by Crippen LogP contribution is -2.29. The first kappa shape index (κ1) is 30.2. The van der Waals surface area contributed by atoms with Crippen LogP contribution in [0.2, 0.25) is 0 Å². The van der Waals surface area contributed by atoms with Crippen LogP contribution in [-0.2, 0) is 9.59 Å². The number of aliphatic carboxylic acids is 1. The molecule has 3 aromatic rings. The third kappa shape index (κ3) is 9.13. The van der Waals surface area contributed by atoms with Gasteiger partial charge in [0, 0.05) is 42.1 Å². The minimum Gasteiger partial charge on any atom is -0.481 e. The molecular formula is C28H34FN3O6. The molecule has 1 aromatic heterocycles. The van der Waals surface area contributed by atoms with E-state index in [1.54, 1.807) is 44.4 Å². The Morgan fingerprint density at radius 1 is 1.13 bits per heavy atom. The number of fused-ring (bicyclic) bond motifs is 1. The number of aliphatic hydroxyl groups is 2. The Balaban J connectivity index is 0.000000293. The van der Waals surface area contributed by atoms with Crippen molar-refractivity contribution in [3.05, 3.63) is 70.7 Å². The molecule has 10 heteroatoms. The summed E-state index contributed by atoms with van der Waals surface area (Å²) >= 11 is 0. The van der Waals surface area contributed by atoms with Crippen molar-refractivity contribution in [1.82, 2.24) is 10.3 Å². The number of H-pyrrole nitrogens is 1. The lowest BCUT2D eigenvalue weighted by molar-refractivity contribution is -0.139. The normalized spacial score (nSPS) is 12.7. The topological polar surface area (TPSA) is 152 Å². The zero-order valence-electron chi connectivity index (χ0n) is 21.6. The summed E-state index contributed by atoms with van der Waals surface area (Å²) in [6, 6.07) is 10.3. The molecule has 2 aromatic carbocycles. The fourth-order valence-corrected chi connectivity index (χ4v) is 3.80. The van der Waals surface area contributed by atoms with Crippen molar-refractivity contribution in [2.45, 2.75) is 45.3 Å². The second kappa shape index (κ2) is 14.7. The standard InChI is InChI=1S/C16H20N2O5.C12H14FNO/c19-12(8-13(20)9-15(21)22)4-6-18-16(23)11-2-1-10-3-5-17-14(10)7-11;1-8(7-15)6-10-11(13)5-4-9(2)12(10)14-3/h1-3,5,7,12-13,17,19-20H,4,6,8-9H2,(H,18,23)(H,21,22);4-7,14H,1-3H3/b;8-6-. The van der Waals surface area contributed by atoms with E-state index in [1.807, 2.05) is 19.1 Å². The van der Waals surface area contributed by atoms with E-state index in [-0.39, 0.29) is 31.1 Å². The predicted molar refractivity (Wildman–Crippen MR) is 145 cm³/mol. The van der Waals surface area contributed by atoms with Crippen LogP contribution in [-0.4, -0.2) is 64.3 Å². The third-order valence-electron chi connectivity index (χ3n) is 5.74. The summed E-state index contributed by atoms with van der Waals surface area (Å²) in [5, 5.41) is 34.3. The number of benzene rings is 2. The zero-order chi connectivity index (χ0) is 28.2. The van der Waals surface area contributed by atoms with Crippen molar-refractivity contribution in [3.8, 4) is 0 Å². The SMILES string of the molecule is CNc1c(C)ccc(F)c1/C=C(/C)C=O.O=C(O)CC(O)CC(O)CCNC(=O)c1ccc2cc[nH]c2c1. The number of aryl methyl sites for hydroxylation is 1. The van der Waals surface area contributed by atoms with Crippen LogP contribution in [0.15, 0.2) is 48.2 Å². The Morgan fingerprint density at radius 2 is 1.87 bits per heavy atom. The highest BCUT2D eigenvalue weighted by molar-refractivity contribution is 5.97. The number of amides is 1. The average Bonchev–Trinajstić information content (AvgIpc) is 3.34. The number of aldehydes is 1. The number of carbonyl (C=O) groups is 3. The smallest absolute Gasteiger partial charge is 0.305 e. The van der Waals surface area contributed by atoms with Crippen LogP contribution in [0.3, 0.4) is 0 Å². The first-order valence-electron chi connectivity index (χ1n) is 12.1. The van der Waals surface area contributed by atoms with Crippen LogP contribution in [0.4, 0.5) is 10.1 Å². The Kier molecular flexibility index (Phi) is 11.6. The Bertz CT molecular complexity index is 1290. The average molecular weight is 528 g/mol. The number of carboxylic acids is 1. The van der Waals surface area contributed by atoms with Gasteiger partial charge in [0.05, 0.1) is 18.6 Å². The number of halogens is 1. The lowest BCUT2D eigenvalue weighted by Gasteiger charge is -2.14. The first-order chi connectivity index (χ1) is 18.0. The maximum atomic E-state index is 13.5. The van der Waals surface area contributed by atoms with E-state index in [0.717, 1.165) is 22.2 Å². The van der Waals surface area contributed by atoms with E-state index >= 15 is 0 Å². The van der Waals surface area contributed by atoms with E-state index < -0.39 is 24.6 Å². The van der Waals surface area contributed by atoms with Gasteiger partial charge in [0.1, 0.15) is 12.1 Å². The maximum Gasteiger partial charge on any atom is 0.305 e. The monoisotopic (exact) mass is 527 g/mol. The van der Waals surface area contributed by atoms with Crippen molar-refractivity contribution < 1.29 is 34.1 Å². The van der Waals surface area contributed by atoms with Crippen molar-refractivity contribution >= 4 is 40.8 Å². The molecule has 204 valence electrons. The van der Waals surface area contributed by atoms with Gasteiger partial charge in [0.25, 0.3) is 5.91 Å². The Labute approximate surface area is 220 Å². The molecule has 2 atom stereocenters. The van der Waals surface area contributed by atoms with E-state index in [0.29, 0.717) is 23.0 Å². The Morgan fingerprint density at radius 3 is 2.53 bits per heavy atom. The molecule has 38 heavy (non-hydrogen) atoms. The van der Waals surface area contributed by atoms with Gasteiger partial charge in [-0.25, -0.2) is 4.39 Å². The van der Waals surface area contributed by atoms with E-state index in [2.05, 4.69) is 15.6 Å².